The Morgan fingerprint density at radius 2 is 2.00 bits per heavy atom. The van der Waals surface area contributed by atoms with Gasteiger partial charge in [-0.15, -0.1) is 0 Å². The SMILES string of the molecule is COc1ccc(/C(C)=C/C(=O)NCCN(C)C)c(OC)c1. The highest BCUT2D eigenvalue weighted by Crippen LogP contribution is 2.29. The van der Waals surface area contributed by atoms with Crippen LogP contribution in [-0.2, 0) is 4.79 Å². The lowest BCUT2D eigenvalue weighted by Crippen LogP contribution is -2.30. The molecule has 0 aliphatic heterocycles. The highest BCUT2D eigenvalue weighted by Gasteiger charge is 2.08. The number of hydrogen-bond donors (Lipinski definition) is 1. The number of methoxy groups -OCH3 is 2. The summed E-state index contributed by atoms with van der Waals surface area (Å²) in [6, 6.07) is 5.53. The zero-order chi connectivity index (χ0) is 15.8. The van der Waals surface area contributed by atoms with Gasteiger partial charge in [-0.25, -0.2) is 0 Å². The van der Waals surface area contributed by atoms with Crippen LogP contribution in [0.25, 0.3) is 5.57 Å². The summed E-state index contributed by atoms with van der Waals surface area (Å²) in [4.78, 5) is 13.9. The van der Waals surface area contributed by atoms with Crippen molar-refractivity contribution in [2.45, 2.75) is 6.92 Å². The number of hydrogen-bond acceptors (Lipinski definition) is 4. The van der Waals surface area contributed by atoms with E-state index in [1.807, 2.05) is 38.1 Å². The van der Waals surface area contributed by atoms with E-state index in [-0.39, 0.29) is 5.91 Å². The van der Waals surface area contributed by atoms with E-state index in [0.29, 0.717) is 12.3 Å². The normalized spacial score (nSPS) is 11.4. The molecule has 1 rings (SSSR count). The van der Waals surface area contributed by atoms with Crippen LogP contribution in [0.2, 0.25) is 0 Å². The summed E-state index contributed by atoms with van der Waals surface area (Å²) >= 11 is 0. The van der Waals surface area contributed by atoms with Crippen LogP contribution in [0, 0.1) is 0 Å². The second-order valence-corrected chi connectivity index (χ2v) is 4.99. The maximum absolute atomic E-state index is 11.9. The number of likely N-dealkylation sites (N-methyl/N-ethyl adjacent to an activating group) is 1. The number of nitrogens with one attached hydrogen (secondary N) is 1. The molecule has 21 heavy (non-hydrogen) atoms. The number of rotatable bonds is 7. The predicted molar refractivity (Wildman–Crippen MR) is 84.8 cm³/mol. The highest BCUT2D eigenvalue weighted by molar-refractivity contribution is 5.95. The van der Waals surface area contributed by atoms with Gasteiger partial charge in [-0.2, -0.15) is 0 Å². The van der Waals surface area contributed by atoms with Crippen LogP contribution >= 0.6 is 0 Å². The Morgan fingerprint density at radius 3 is 2.57 bits per heavy atom. The third kappa shape index (κ3) is 5.47. The largest absolute Gasteiger partial charge is 0.497 e. The Kier molecular flexibility index (Phi) is 6.75. The van der Waals surface area contributed by atoms with Gasteiger partial charge in [0.25, 0.3) is 0 Å². The van der Waals surface area contributed by atoms with Crippen LogP contribution < -0.4 is 14.8 Å². The van der Waals surface area contributed by atoms with Gasteiger partial charge in [-0.05, 0) is 38.7 Å². The standard InChI is InChI=1S/C16H24N2O3/c1-12(10-16(19)17-8-9-18(2)3)14-7-6-13(20-4)11-15(14)21-5/h6-7,10-11H,8-9H2,1-5H3,(H,17,19)/b12-10+. The first kappa shape index (κ1) is 17.0. The molecule has 0 bridgehead atoms. The van der Waals surface area contributed by atoms with Gasteiger partial charge >= 0.3 is 0 Å². The molecule has 1 N–H and O–H groups in total. The van der Waals surface area contributed by atoms with Crippen molar-refractivity contribution in [3.63, 3.8) is 0 Å². The minimum atomic E-state index is -0.104. The van der Waals surface area contributed by atoms with Gasteiger partial charge in [-0.3, -0.25) is 4.79 Å². The Bertz CT molecular complexity index is 510. The molecule has 1 amide bonds. The fourth-order valence-electron chi connectivity index (χ4n) is 1.85. The summed E-state index contributed by atoms with van der Waals surface area (Å²) in [6.07, 6.45) is 1.58. The molecule has 0 fully saturated rings. The van der Waals surface area contributed by atoms with Crippen LogP contribution in [0.4, 0.5) is 0 Å². The van der Waals surface area contributed by atoms with E-state index in [2.05, 4.69) is 5.32 Å². The molecular formula is C16H24N2O3. The minimum absolute atomic E-state index is 0.104. The Labute approximate surface area is 126 Å². The zero-order valence-corrected chi connectivity index (χ0v) is 13.4. The summed E-state index contributed by atoms with van der Waals surface area (Å²) < 4.78 is 10.5. The summed E-state index contributed by atoms with van der Waals surface area (Å²) in [5, 5.41) is 2.85. The number of benzene rings is 1. The van der Waals surface area contributed by atoms with Crippen molar-refractivity contribution in [2.75, 3.05) is 41.4 Å². The maximum atomic E-state index is 11.9. The average Bonchev–Trinajstić information content (AvgIpc) is 2.45. The molecule has 0 saturated carbocycles. The van der Waals surface area contributed by atoms with E-state index < -0.39 is 0 Å². The Balaban J connectivity index is 2.79. The molecule has 0 aromatic heterocycles. The van der Waals surface area contributed by atoms with E-state index in [1.54, 1.807) is 26.4 Å². The van der Waals surface area contributed by atoms with Crippen molar-refractivity contribution in [2.24, 2.45) is 0 Å². The van der Waals surface area contributed by atoms with E-state index in [9.17, 15) is 4.79 Å². The second kappa shape index (κ2) is 8.32. The number of amides is 1. The van der Waals surface area contributed by atoms with E-state index in [4.69, 9.17) is 9.47 Å². The number of allylic oxidation sites excluding steroid dienone is 1. The first-order valence-corrected chi connectivity index (χ1v) is 6.81. The van der Waals surface area contributed by atoms with Gasteiger partial charge in [-0.1, -0.05) is 0 Å². The second-order valence-electron chi connectivity index (χ2n) is 4.99. The molecule has 5 nitrogen and oxygen atoms in total. The molecule has 0 atom stereocenters. The Hall–Kier alpha value is -2.01. The number of nitrogens with zero attached hydrogens (tertiary/aromatic N) is 1. The predicted octanol–water partition coefficient (Wildman–Crippen LogP) is 1.78. The number of carbonyl (C=O) groups is 1. The monoisotopic (exact) mass is 292 g/mol. The lowest BCUT2D eigenvalue weighted by atomic mass is 10.1. The molecule has 1 aromatic rings. The number of carbonyl (C=O) groups excluding carboxylic acids is 1. The van der Waals surface area contributed by atoms with Crippen LogP contribution in [0.3, 0.4) is 0 Å². The van der Waals surface area contributed by atoms with Crippen LogP contribution in [0.1, 0.15) is 12.5 Å². The molecule has 5 heteroatoms. The van der Waals surface area contributed by atoms with Crippen molar-refractivity contribution < 1.29 is 14.3 Å². The lowest BCUT2D eigenvalue weighted by Gasteiger charge is -2.11. The minimum Gasteiger partial charge on any atom is -0.497 e. The Morgan fingerprint density at radius 1 is 1.29 bits per heavy atom. The lowest BCUT2D eigenvalue weighted by molar-refractivity contribution is -0.116. The molecular weight excluding hydrogens is 268 g/mol. The van der Waals surface area contributed by atoms with E-state index in [1.165, 1.54) is 0 Å². The summed E-state index contributed by atoms with van der Waals surface area (Å²) in [5.41, 5.74) is 1.72. The van der Waals surface area contributed by atoms with Gasteiger partial charge in [0.1, 0.15) is 11.5 Å². The topological polar surface area (TPSA) is 50.8 Å². The van der Waals surface area contributed by atoms with Gasteiger partial charge < -0.3 is 19.7 Å². The molecule has 116 valence electrons. The van der Waals surface area contributed by atoms with Crippen LogP contribution in [0.5, 0.6) is 11.5 Å². The fraction of sp³-hybridized carbons (Fsp3) is 0.438. The highest BCUT2D eigenvalue weighted by atomic mass is 16.5. The van der Waals surface area contributed by atoms with Crippen molar-refractivity contribution in [1.29, 1.82) is 0 Å². The third-order valence-electron chi connectivity index (χ3n) is 3.04. The van der Waals surface area contributed by atoms with E-state index in [0.717, 1.165) is 23.4 Å². The first-order valence-electron chi connectivity index (χ1n) is 6.81. The summed E-state index contributed by atoms with van der Waals surface area (Å²) in [6.45, 7) is 3.32. The summed E-state index contributed by atoms with van der Waals surface area (Å²) in [5.74, 6) is 1.30. The van der Waals surface area contributed by atoms with Gasteiger partial charge in [0.05, 0.1) is 14.2 Å². The average molecular weight is 292 g/mol. The molecule has 1 aromatic carbocycles. The van der Waals surface area contributed by atoms with E-state index >= 15 is 0 Å². The van der Waals surface area contributed by atoms with Crippen LogP contribution in [-0.4, -0.2) is 52.2 Å². The van der Waals surface area contributed by atoms with Crippen molar-refractivity contribution >= 4 is 11.5 Å². The van der Waals surface area contributed by atoms with Gasteiger partial charge in [0.15, 0.2) is 0 Å². The molecule has 0 aliphatic carbocycles. The van der Waals surface area contributed by atoms with Gasteiger partial charge in [0.2, 0.25) is 5.91 Å². The molecule has 0 spiro atoms. The molecule has 0 radical (unpaired) electrons. The molecule has 0 saturated heterocycles. The zero-order valence-electron chi connectivity index (χ0n) is 13.4. The molecule has 0 unspecified atom stereocenters. The first-order chi connectivity index (χ1) is 9.97. The fourth-order valence-corrected chi connectivity index (χ4v) is 1.85. The van der Waals surface area contributed by atoms with Crippen molar-refractivity contribution in [3.8, 4) is 11.5 Å². The van der Waals surface area contributed by atoms with Gasteiger partial charge in [0, 0.05) is 30.8 Å². The molecule has 0 heterocycles. The van der Waals surface area contributed by atoms with Crippen molar-refractivity contribution in [3.05, 3.63) is 29.8 Å². The smallest absolute Gasteiger partial charge is 0.244 e. The maximum Gasteiger partial charge on any atom is 0.244 e. The van der Waals surface area contributed by atoms with Crippen LogP contribution in [0.15, 0.2) is 24.3 Å². The molecule has 0 aliphatic rings. The summed E-state index contributed by atoms with van der Waals surface area (Å²) in [7, 11) is 7.14. The third-order valence-corrected chi connectivity index (χ3v) is 3.04. The quantitative estimate of drug-likeness (QED) is 0.778. The number of ether oxygens (including phenoxy) is 2. The van der Waals surface area contributed by atoms with Crippen molar-refractivity contribution in [1.82, 2.24) is 10.2 Å².